The lowest BCUT2D eigenvalue weighted by molar-refractivity contribution is -0.107. The normalized spacial score (nSPS) is 11.7. The molecule has 2 N–H and O–H groups in total. The molecule has 0 aliphatic carbocycles. The van der Waals surface area contributed by atoms with Gasteiger partial charge in [-0.2, -0.15) is 5.10 Å². The summed E-state index contributed by atoms with van der Waals surface area (Å²) in [5, 5.41) is 15.4. The van der Waals surface area contributed by atoms with E-state index in [1.54, 1.807) is 31.2 Å². The van der Waals surface area contributed by atoms with Crippen molar-refractivity contribution in [1.82, 2.24) is 4.98 Å². The van der Waals surface area contributed by atoms with Crippen LogP contribution in [0.1, 0.15) is 43.0 Å². The molecule has 166 valence electrons. The lowest BCUT2D eigenvalue weighted by atomic mass is 9.85. The van der Waals surface area contributed by atoms with E-state index in [1.165, 1.54) is 24.5 Å². The van der Waals surface area contributed by atoms with E-state index in [2.05, 4.69) is 10.1 Å². The Bertz CT molecular complexity index is 1230. The van der Waals surface area contributed by atoms with Gasteiger partial charge in [0, 0.05) is 23.4 Å². The molecule has 1 heterocycles. The second kappa shape index (κ2) is 9.28. The third-order valence-corrected chi connectivity index (χ3v) is 5.31. The Labute approximate surface area is 186 Å². The van der Waals surface area contributed by atoms with Crippen LogP contribution in [0, 0.1) is 12.7 Å². The largest absolute Gasteiger partial charge is 0.392 e. The number of rotatable bonds is 6. The number of amides is 1. The number of aromatic nitrogens is 1. The van der Waals surface area contributed by atoms with Crippen molar-refractivity contribution in [1.29, 1.82) is 0 Å². The Morgan fingerprint density at radius 2 is 1.94 bits per heavy atom. The molecule has 1 amide bonds. The fourth-order valence-electron chi connectivity index (χ4n) is 3.38. The SMILES string of the molecule is Cc1c(F)cc(C(C)(C)C)cc1/C=N\N(C=O)c1cccc(-c2cc[nH]c(=O)c2)c1CO. The molecular weight excluding hydrogens is 409 g/mol. The monoisotopic (exact) mass is 435 g/mol. The average molecular weight is 435 g/mol. The number of halogens is 1. The molecule has 6 nitrogen and oxygen atoms in total. The summed E-state index contributed by atoms with van der Waals surface area (Å²) in [7, 11) is 0. The molecule has 0 fully saturated rings. The molecule has 0 saturated carbocycles. The third kappa shape index (κ3) is 4.84. The van der Waals surface area contributed by atoms with Crippen LogP contribution in [-0.2, 0) is 16.8 Å². The van der Waals surface area contributed by atoms with Crippen molar-refractivity contribution in [3.8, 4) is 11.1 Å². The number of hydrazone groups is 1. The zero-order valence-electron chi connectivity index (χ0n) is 18.5. The number of hydrogen-bond acceptors (Lipinski definition) is 4. The van der Waals surface area contributed by atoms with E-state index >= 15 is 0 Å². The van der Waals surface area contributed by atoms with Crippen molar-refractivity contribution in [2.24, 2.45) is 5.10 Å². The fraction of sp³-hybridized carbons (Fsp3) is 0.240. The van der Waals surface area contributed by atoms with Gasteiger partial charge in [-0.25, -0.2) is 9.40 Å². The van der Waals surface area contributed by atoms with E-state index in [-0.39, 0.29) is 23.4 Å². The summed E-state index contributed by atoms with van der Waals surface area (Å²) in [6.07, 6.45) is 3.47. The van der Waals surface area contributed by atoms with Gasteiger partial charge >= 0.3 is 0 Å². The molecule has 3 rings (SSSR count). The van der Waals surface area contributed by atoms with Gasteiger partial charge in [-0.05, 0) is 58.9 Å². The molecule has 0 spiro atoms. The zero-order valence-corrected chi connectivity index (χ0v) is 18.5. The first-order valence-corrected chi connectivity index (χ1v) is 10.2. The molecule has 0 aliphatic rings. The lowest BCUT2D eigenvalue weighted by Crippen LogP contribution is -2.17. The number of aliphatic hydroxyl groups excluding tert-OH is 1. The van der Waals surface area contributed by atoms with Crippen molar-refractivity contribution >= 4 is 18.3 Å². The molecule has 1 aromatic heterocycles. The van der Waals surface area contributed by atoms with Gasteiger partial charge in [-0.1, -0.05) is 32.9 Å². The number of aromatic amines is 1. The number of pyridine rings is 1. The maximum Gasteiger partial charge on any atom is 0.248 e. The van der Waals surface area contributed by atoms with E-state index < -0.39 is 0 Å². The minimum atomic E-state index is -0.370. The Morgan fingerprint density at radius 3 is 2.56 bits per heavy atom. The maximum absolute atomic E-state index is 14.5. The van der Waals surface area contributed by atoms with Gasteiger partial charge in [0.15, 0.2) is 0 Å². The van der Waals surface area contributed by atoms with Crippen LogP contribution in [0.15, 0.2) is 58.6 Å². The molecule has 32 heavy (non-hydrogen) atoms. The quantitative estimate of drug-likeness (QED) is 0.344. The van der Waals surface area contributed by atoms with Gasteiger partial charge in [0.05, 0.1) is 18.5 Å². The molecule has 0 atom stereocenters. The lowest BCUT2D eigenvalue weighted by Gasteiger charge is -2.21. The molecular formula is C25H26FN3O3. The Hall–Kier alpha value is -3.58. The molecule has 2 aromatic carbocycles. The van der Waals surface area contributed by atoms with Crippen molar-refractivity contribution in [2.45, 2.75) is 39.7 Å². The van der Waals surface area contributed by atoms with Gasteiger partial charge < -0.3 is 10.1 Å². The highest BCUT2D eigenvalue weighted by molar-refractivity contribution is 5.88. The van der Waals surface area contributed by atoms with Crippen LogP contribution in [0.5, 0.6) is 0 Å². The Balaban J connectivity index is 2.06. The smallest absolute Gasteiger partial charge is 0.248 e. The molecule has 7 heteroatoms. The summed E-state index contributed by atoms with van der Waals surface area (Å²) in [4.78, 5) is 26.1. The number of H-pyrrole nitrogens is 1. The standard InChI is InChI=1S/C25H26FN3O3/c1-16-18(10-19(12-22(16)26)25(2,3)4)13-28-29(15-31)23-7-5-6-20(21(23)14-30)17-8-9-27-24(32)11-17/h5-13,15,30H,14H2,1-4H3,(H,27,32)/b28-13-. The van der Waals surface area contributed by atoms with Gasteiger partial charge in [0.25, 0.3) is 0 Å². The van der Waals surface area contributed by atoms with E-state index in [9.17, 15) is 19.1 Å². The van der Waals surface area contributed by atoms with Crippen LogP contribution in [-0.4, -0.2) is 22.7 Å². The van der Waals surface area contributed by atoms with Crippen LogP contribution < -0.4 is 10.6 Å². The zero-order chi connectivity index (χ0) is 23.5. The number of carbonyl (C=O) groups is 1. The number of benzene rings is 2. The van der Waals surface area contributed by atoms with Crippen molar-refractivity contribution < 1.29 is 14.3 Å². The van der Waals surface area contributed by atoms with E-state index in [1.807, 2.05) is 26.8 Å². The van der Waals surface area contributed by atoms with Crippen molar-refractivity contribution in [2.75, 3.05) is 5.01 Å². The third-order valence-electron chi connectivity index (χ3n) is 5.31. The number of hydrogen-bond donors (Lipinski definition) is 2. The predicted molar refractivity (Wildman–Crippen MR) is 124 cm³/mol. The first kappa shape index (κ1) is 23.1. The highest BCUT2D eigenvalue weighted by Gasteiger charge is 2.18. The summed E-state index contributed by atoms with van der Waals surface area (Å²) in [6.45, 7) is 7.25. The van der Waals surface area contributed by atoms with Crippen LogP contribution in [0.2, 0.25) is 0 Å². The summed E-state index contributed by atoms with van der Waals surface area (Å²) >= 11 is 0. The van der Waals surface area contributed by atoms with Gasteiger partial charge in [-0.15, -0.1) is 0 Å². The van der Waals surface area contributed by atoms with Gasteiger partial charge in [0.1, 0.15) is 5.82 Å². The Kier molecular flexibility index (Phi) is 6.69. The first-order chi connectivity index (χ1) is 15.2. The summed E-state index contributed by atoms with van der Waals surface area (Å²) < 4.78 is 14.5. The second-order valence-corrected chi connectivity index (χ2v) is 8.52. The molecule has 0 bridgehead atoms. The second-order valence-electron chi connectivity index (χ2n) is 8.52. The van der Waals surface area contributed by atoms with E-state index in [0.29, 0.717) is 39.9 Å². The minimum absolute atomic E-state index is 0.257. The number of aliphatic hydroxyl groups is 1. The predicted octanol–water partition coefficient (Wildman–Crippen LogP) is 4.28. The highest BCUT2D eigenvalue weighted by atomic mass is 19.1. The fourth-order valence-corrected chi connectivity index (χ4v) is 3.38. The average Bonchev–Trinajstić information content (AvgIpc) is 2.75. The van der Waals surface area contributed by atoms with Crippen LogP contribution in [0.4, 0.5) is 10.1 Å². The highest BCUT2D eigenvalue weighted by Crippen LogP contribution is 2.31. The molecule has 0 saturated heterocycles. The summed E-state index contributed by atoms with van der Waals surface area (Å²) in [5.41, 5.74) is 3.26. The number of nitrogens with one attached hydrogen (secondary N) is 1. The maximum atomic E-state index is 14.5. The molecule has 0 aliphatic heterocycles. The van der Waals surface area contributed by atoms with Crippen LogP contribution in [0.3, 0.4) is 0 Å². The number of nitrogens with zero attached hydrogens (tertiary/aromatic N) is 2. The van der Waals surface area contributed by atoms with Crippen LogP contribution in [0.25, 0.3) is 11.1 Å². The minimum Gasteiger partial charge on any atom is -0.392 e. The number of anilines is 1. The molecule has 3 aromatic rings. The van der Waals surface area contributed by atoms with Gasteiger partial charge in [-0.3, -0.25) is 9.59 Å². The van der Waals surface area contributed by atoms with E-state index in [4.69, 9.17) is 0 Å². The summed E-state index contributed by atoms with van der Waals surface area (Å²) in [6, 6.07) is 11.6. The molecule has 0 radical (unpaired) electrons. The van der Waals surface area contributed by atoms with Crippen molar-refractivity contribution in [3.05, 3.63) is 87.1 Å². The van der Waals surface area contributed by atoms with E-state index in [0.717, 1.165) is 10.6 Å². The Morgan fingerprint density at radius 1 is 1.19 bits per heavy atom. The first-order valence-electron chi connectivity index (χ1n) is 10.2. The van der Waals surface area contributed by atoms with Gasteiger partial charge in [0.2, 0.25) is 12.0 Å². The summed E-state index contributed by atoms with van der Waals surface area (Å²) in [5.74, 6) is -0.344. The van der Waals surface area contributed by atoms with Crippen LogP contribution >= 0.6 is 0 Å². The number of carbonyl (C=O) groups excluding carboxylic acids is 1. The van der Waals surface area contributed by atoms with Crippen molar-refractivity contribution in [3.63, 3.8) is 0 Å². The topological polar surface area (TPSA) is 85.8 Å². The molecule has 0 unspecified atom stereocenters.